The van der Waals surface area contributed by atoms with Crippen molar-refractivity contribution in [1.29, 1.82) is 0 Å². The van der Waals surface area contributed by atoms with Gasteiger partial charge in [0.2, 0.25) is 0 Å². The quantitative estimate of drug-likeness (QED) is 0.216. The van der Waals surface area contributed by atoms with Crippen molar-refractivity contribution in [3.05, 3.63) is 94.2 Å². The third kappa shape index (κ3) is 10.8. The first-order valence-corrected chi connectivity index (χ1v) is 27.3. The summed E-state index contributed by atoms with van der Waals surface area (Å²) in [6, 6.07) is 32.6. The second kappa shape index (κ2) is 17.4. The van der Waals surface area contributed by atoms with E-state index in [0.717, 1.165) is 0 Å². The van der Waals surface area contributed by atoms with E-state index in [0.29, 0.717) is 13.3 Å². The van der Waals surface area contributed by atoms with Crippen LogP contribution in [0.2, 0.25) is 0 Å². The van der Waals surface area contributed by atoms with Gasteiger partial charge in [-0.25, -0.2) is 0 Å². The van der Waals surface area contributed by atoms with E-state index >= 15 is 0 Å². The number of benzene rings is 3. The zero-order valence-corrected chi connectivity index (χ0v) is 31.3. The van der Waals surface area contributed by atoms with Crippen LogP contribution in [0.3, 0.4) is 0 Å². The predicted octanol–water partition coefficient (Wildman–Crippen LogP) is 6.24. The van der Waals surface area contributed by atoms with Gasteiger partial charge >= 0.3 is 50.5 Å². The average Bonchev–Trinajstić information content (AvgIpc) is 2.76. The van der Waals surface area contributed by atoms with Gasteiger partial charge in [0.05, 0.1) is 9.84 Å². The summed E-state index contributed by atoms with van der Waals surface area (Å²) in [5, 5.41) is 4.28. The molecule has 3 rings (SSSR count). The van der Waals surface area contributed by atoms with Crippen molar-refractivity contribution in [3.63, 3.8) is 0 Å². The zero-order valence-electron chi connectivity index (χ0n) is 15.3. The fraction of sp³-hybridized carbons (Fsp3) is 0.0476. The maximum atomic E-state index is 2.41. The van der Waals surface area contributed by atoms with E-state index in [1.807, 2.05) is 0 Å². The Morgan fingerprint density at radius 2 is 0.759 bits per heavy atom. The Morgan fingerprint density at radius 1 is 0.552 bits per heavy atom. The van der Waals surface area contributed by atoms with Gasteiger partial charge < -0.3 is 0 Å². The fourth-order valence-electron chi connectivity index (χ4n) is 2.63. The third-order valence-electron chi connectivity index (χ3n) is 3.96. The van der Waals surface area contributed by atoms with Gasteiger partial charge in [-0.05, 0) is 127 Å². The molecule has 0 aliphatic heterocycles. The van der Waals surface area contributed by atoms with Crippen molar-refractivity contribution in [2.45, 2.75) is 0 Å². The van der Waals surface area contributed by atoms with Gasteiger partial charge in [0.15, 0.2) is 0 Å². The normalized spacial score (nSPS) is 10.2. The predicted molar refractivity (Wildman–Crippen MR) is 182 cm³/mol. The Bertz CT molecular complexity index is 741. The molecule has 0 radical (unpaired) electrons. The molecular weight excluding hydrogens is 1170 g/mol. The van der Waals surface area contributed by atoms with Gasteiger partial charge in [-0.2, -0.15) is 0 Å². The first-order valence-electron chi connectivity index (χ1n) is 8.14. The number of hydrogen-bond donors (Lipinski definition) is 0. The van der Waals surface area contributed by atoms with Gasteiger partial charge in [-0.3, -0.25) is 0 Å². The second-order valence-electron chi connectivity index (χ2n) is 5.59. The SMILES string of the molecule is C[P+](c1ccccc1)(c1ccccc1)c1ccccc1.IC(I)=C(I)I.I[I-]I. The molecule has 3 aromatic rings. The molecule has 0 spiro atoms. The second-order valence-corrected chi connectivity index (χ2v) is 33.8. The Labute approximate surface area is 259 Å². The van der Waals surface area contributed by atoms with Crippen LogP contribution in [-0.2, 0) is 0 Å². The van der Waals surface area contributed by atoms with E-state index < -0.39 is 7.26 Å². The summed E-state index contributed by atoms with van der Waals surface area (Å²) in [6.07, 6.45) is 0. The molecule has 8 heteroatoms. The molecule has 0 aliphatic rings. The van der Waals surface area contributed by atoms with Crippen LogP contribution in [0, 0.1) is 0 Å². The molecule has 0 N–H and O–H groups in total. The molecule has 0 aliphatic carbocycles. The van der Waals surface area contributed by atoms with Crippen molar-refractivity contribution in [2.24, 2.45) is 0 Å². The molecule has 0 nitrogen and oxygen atoms in total. The van der Waals surface area contributed by atoms with Crippen LogP contribution in [-0.4, -0.2) is 6.66 Å². The summed E-state index contributed by atoms with van der Waals surface area (Å²) >= 11 is 14.4. The van der Waals surface area contributed by atoms with E-state index in [4.69, 9.17) is 0 Å². The molecule has 0 bridgehead atoms. The summed E-state index contributed by atoms with van der Waals surface area (Å²) in [4.78, 5) is 0. The van der Waals surface area contributed by atoms with E-state index in [1.54, 1.807) is 0 Å². The standard InChI is InChI=1S/C19H18P.C2I4.I3/c1-20(17-11-5-2-6-12-17,18-13-7-3-8-14-18)19-15-9-4-10-16-19;3-1(4)2(5)6;1-3-2/h2-16H,1H3;;/q+1;;-1. The maximum absolute atomic E-state index is 2.41. The first kappa shape index (κ1) is 30.0. The fourth-order valence-corrected chi connectivity index (χ4v) is 5.83. The summed E-state index contributed by atoms with van der Waals surface area (Å²) in [7, 11) is -1.53. The topological polar surface area (TPSA) is 0 Å². The van der Waals surface area contributed by atoms with Gasteiger partial charge in [0.25, 0.3) is 0 Å². The van der Waals surface area contributed by atoms with Crippen molar-refractivity contribution < 1.29 is 13.3 Å². The molecule has 0 heterocycles. The van der Waals surface area contributed by atoms with Crippen molar-refractivity contribution in [2.75, 3.05) is 6.66 Å². The summed E-state index contributed by atoms with van der Waals surface area (Å²) in [6.45, 7) is 2.41. The minimum atomic E-state index is -1.53. The van der Waals surface area contributed by atoms with E-state index in [-0.39, 0.29) is 0 Å². The monoisotopic (exact) mass is 1190 g/mol. The van der Waals surface area contributed by atoms with E-state index in [9.17, 15) is 0 Å². The Morgan fingerprint density at radius 3 is 0.931 bits per heavy atom. The number of rotatable bonds is 3. The molecule has 0 saturated heterocycles. The number of hydrogen-bond acceptors (Lipinski definition) is 0. The molecule has 0 fully saturated rings. The Hall–Kier alpha value is 2.94. The van der Waals surface area contributed by atoms with E-state index in [1.165, 1.54) is 19.1 Å². The molecule has 156 valence electrons. The van der Waals surface area contributed by atoms with Crippen molar-refractivity contribution >= 4 is 151 Å². The van der Waals surface area contributed by atoms with Crippen molar-refractivity contribution in [1.82, 2.24) is 0 Å². The van der Waals surface area contributed by atoms with Crippen LogP contribution in [0.15, 0.2) is 94.2 Å². The van der Waals surface area contributed by atoms with Crippen molar-refractivity contribution in [3.8, 4) is 0 Å². The van der Waals surface area contributed by atoms with Crippen LogP contribution >= 0.6 is 135 Å². The van der Waals surface area contributed by atoms with Crippen LogP contribution in [0.25, 0.3) is 0 Å². The molecule has 0 amide bonds. The Balaban J connectivity index is 0.000000397. The number of halogens is 7. The van der Waals surface area contributed by atoms with Crippen LogP contribution in [0.5, 0.6) is 0 Å². The minimum absolute atomic E-state index is 0.530. The molecule has 29 heavy (non-hydrogen) atoms. The van der Waals surface area contributed by atoms with Crippen LogP contribution < -0.4 is 29.2 Å². The summed E-state index contributed by atoms with van der Waals surface area (Å²) in [5.41, 5.74) is 0. The van der Waals surface area contributed by atoms with Gasteiger partial charge in [-0.1, -0.05) is 54.6 Å². The third-order valence-corrected chi connectivity index (χ3v) is 14.2. The molecular formula is C21H18I7P. The van der Waals surface area contributed by atoms with Crippen LogP contribution in [0.1, 0.15) is 0 Å². The summed E-state index contributed by atoms with van der Waals surface area (Å²) in [5.74, 6) is 0. The molecule has 0 atom stereocenters. The molecule has 0 aromatic heterocycles. The zero-order chi connectivity index (χ0) is 21.7. The van der Waals surface area contributed by atoms with Gasteiger partial charge in [0.1, 0.15) is 23.2 Å². The average molecular weight is 1190 g/mol. The summed E-state index contributed by atoms with van der Waals surface area (Å²) < 4.78 is 2.68. The van der Waals surface area contributed by atoms with Gasteiger partial charge in [-0.15, -0.1) is 0 Å². The molecule has 0 saturated carbocycles. The van der Waals surface area contributed by atoms with E-state index in [2.05, 4.69) is 225 Å². The molecule has 0 unspecified atom stereocenters. The first-order chi connectivity index (χ1) is 13.9. The van der Waals surface area contributed by atoms with Gasteiger partial charge in [0, 0.05) is 0 Å². The van der Waals surface area contributed by atoms with Crippen LogP contribution in [0.4, 0.5) is 0 Å². The molecule has 3 aromatic carbocycles. The Kier molecular flexibility index (Phi) is 18.0.